The minimum atomic E-state index is -4.08. The fourth-order valence-corrected chi connectivity index (χ4v) is 4.36. The van der Waals surface area contributed by atoms with Crippen LogP contribution in [-0.4, -0.2) is 20.9 Å². The number of rotatable bonds is 6. The Morgan fingerprint density at radius 3 is 1.90 bits per heavy atom. The number of amides is 1. The zero-order valence-electron chi connectivity index (χ0n) is 17.3. The van der Waals surface area contributed by atoms with Crippen LogP contribution < -0.4 is 9.04 Å². The number of ether oxygens (including phenoxy) is 1. The van der Waals surface area contributed by atoms with Crippen LogP contribution in [0.5, 0.6) is 5.75 Å². The van der Waals surface area contributed by atoms with Gasteiger partial charge in [0.05, 0.1) is 10.6 Å². The van der Waals surface area contributed by atoms with E-state index in [1.165, 1.54) is 12.1 Å². The number of hydrogen-bond acceptors (Lipinski definition) is 4. The van der Waals surface area contributed by atoms with Crippen LogP contribution in [0.15, 0.2) is 89.8 Å². The van der Waals surface area contributed by atoms with Crippen LogP contribution in [-0.2, 0) is 20.2 Å². The van der Waals surface area contributed by atoms with Crippen LogP contribution >= 0.6 is 0 Å². The molecule has 5 nitrogen and oxygen atoms in total. The Hall–Kier alpha value is -3.12. The molecule has 3 rings (SSSR count). The molecule has 0 bridgehead atoms. The molecule has 0 fully saturated rings. The molecule has 0 unspecified atom stereocenters. The van der Waals surface area contributed by atoms with Crippen molar-refractivity contribution in [2.24, 2.45) is 0 Å². The molecule has 0 atom stereocenters. The van der Waals surface area contributed by atoms with Gasteiger partial charge < -0.3 is 4.74 Å². The van der Waals surface area contributed by atoms with Crippen molar-refractivity contribution in [3.05, 3.63) is 90.5 Å². The highest BCUT2D eigenvalue weighted by Gasteiger charge is 2.31. The lowest BCUT2D eigenvalue weighted by Crippen LogP contribution is -2.40. The molecule has 0 N–H and O–H groups in total. The molecule has 0 aromatic heterocycles. The quantitative estimate of drug-likeness (QED) is 0.572. The van der Waals surface area contributed by atoms with E-state index in [2.05, 4.69) is 20.8 Å². The number of carbonyl (C=O) groups excluding carboxylic acids is 1. The molecule has 0 aliphatic heterocycles. The van der Waals surface area contributed by atoms with Crippen LogP contribution in [0.4, 0.5) is 5.69 Å². The third-order valence-corrected chi connectivity index (χ3v) is 6.34. The van der Waals surface area contributed by atoms with Crippen LogP contribution in [0.2, 0.25) is 0 Å². The lowest BCUT2D eigenvalue weighted by atomic mass is 9.87. The summed E-state index contributed by atoms with van der Waals surface area (Å²) in [6.45, 7) is 5.92. The van der Waals surface area contributed by atoms with Gasteiger partial charge in [0.1, 0.15) is 5.75 Å². The molecular formula is C24H25NO4S. The SMILES string of the molecule is CC(C)(C)c1ccc(OCC(=O)N(c2ccccc2)S(=O)(=O)c2ccccc2)cc1. The molecule has 0 aliphatic rings. The van der Waals surface area contributed by atoms with Crippen molar-refractivity contribution in [2.75, 3.05) is 10.9 Å². The summed E-state index contributed by atoms with van der Waals surface area (Å²) >= 11 is 0. The second kappa shape index (κ2) is 8.71. The lowest BCUT2D eigenvalue weighted by Gasteiger charge is -2.23. The average molecular weight is 424 g/mol. The van der Waals surface area contributed by atoms with Gasteiger partial charge in [-0.1, -0.05) is 69.3 Å². The smallest absolute Gasteiger partial charge is 0.278 e. The normalized spacial score (nSPS) is 11.7. The molecule has 0 radical (unpaired) electrons. The average Bonchev–Trinajstić information content (AvgIpc) is 2.73. The second-order valence-electron chi connectivity index (χ2n) is 7.87. The van der Waals surface area contributed by atoms with Crippen LogP contribution in [0, 0.1) is 0 Å². The number of carbonyl (C=O) groups is 1. The molecule has 0 saturated heterocycles. The number of benzene rings is 3. The van der Waals surface area contributed by atoms with E-state index in [-0.39, 0.29) is 16.0 Å². The van der Waals surface area contributed by atoms with Gasteiger partial charge in [-0.3, -0.25) is 4.79 Å². The number of nitrogens with zero attached hydrogens (tertiary/aromatic N) is 1. The first-order chi connectivity index (χ1) is 14.2. The molecule has 156 valence electrons. The van der Waals surface area contributed by atoms with Crippen molar-refractivity contribution in [3.8, 4) is 5.75 Å². The van der Waals surface area contributed by atoms with Gasteiger partial charge in [-0.05, 0) is 47.4 Å². The third-order valence-electron chi connectivity index (χ3n) is 4.58. The highest BCUT2D eigenvalue weighted by molar-refractivity contribution is 7.93. The highest BCUT2D eigenvalue weighted by Crippen LogP contribution is 2.26. The van der Waals surface area contributed by atoms with Gasteiger partial charge in [-0.2, -0.15) is 4.31 Å². The lowest BCUT2D eigenvalue weighted by molar-refractivity contribution is -0.119. The van der Waals surface area contributed by atoms with E-state index in [1.54, 1.807) is 60.7 Å². The van der Waals surface area contributed by atoms with Crippen molar-refractivity contribution >= 4 is 21.6 Å². The van der Waals surface area contributed by atoms with E-state index in [0.29, 0.717) is 5.75 Å². The van der Waals surface area contributed by atoms with Gasteiger partial charge in [-0.15, -0.1) is 0 Å². The van der Waals surface area contributed by atoms with Gasteiger partial charge in [0.25, 0.3) is 15.9 Å². The number of hydrogen-bond donors (Lipinski definition) is 0. The predicted octanol–water partition coefficient (Wildman–Crippen LogP) is 4.79. The van der Waals surface area contributed by atoms with Crippen LogP contribution in [0.1, 0.15) is 26.3 Å². The Labute approximate surface area is 178 Å². The maximum absolute atomic E-state index is 13.2. The fourth-order valence-electron chi connectivity index (χ4n) is 2.93. The molecule has 6 heteroatoms. The van der Waals surface area contributed by atoms with Crippen LogP contribution in [0.25, 0.3) is 0 Å². The Morgan fingerprint density at radius 2 is 1.37 bits per heavy atom. The largest absolute Gasteiger partial charge is 0.484 e. The first kappa shape index (κ1) is 21.6. The molecular weight excluding hydrogens is 398 g/mol. The summed E-state index contributed by atoms with van der Waals surface area (Å²) in [6.07, 6.45) is 0. The van der Waals surface area contributed by atoms with Crippen LogP contribution in [0.3, 0.4) is 0 Å². The van der Waals surface area contributed by atoms with Crippen molar-refractivity contribution in [2.45, 2.75) is 31.1 Å². The topological polar surface area (TPSA) is 63.7 Å². The van der Waals surface area contributed by atoms with Crippen molar-refractivity contribution in [1.82, 2.24) is 0 Å². The molecule has 1 amide bonds. The standard InChI is InChI=1S/C24H25NO4S/c1-24(2,3)19-14-16-21(17-15-19)29-18-23(26)25(20-10-6-4-7-11-20)30(27,28)22-12-8-5-9-13-22/h4-17H,18H2,1-3H3. The number of sulfonamides is 1. The van der Waals surface area contributed by atoms with E-state index in [0.717, 1.165) is 9.87 Å². The molecule has 0 heterocycles. The molecule has 0 spiro atoms. The third kappa shape index (κ3) is 4.89. The van der Waals surface area contributed by atoms with Gasteiger partial charge in [0, 0.05) is 0 Å². The van der Waals surface area contributed by atoms with Gasteiger partial charge in [-0.25, -0.2) is 8.42 Å². The van der Waals surface area contributed by atoms with Gasteiger partial charge in [0.2, 0.25) is 0 Å². The number of para-hydroxylation sites is 1. The van der Waals surface area contributed by atoms with Crippen molar-refractivity contribution < 1.29 is 17.9 Å². The Morgan fingerprint density at radius 1 is 0.833 bits per heavy atom. The summed E-state index contributed by atoms with van der Waals surface area (Å²) in [5.41, 5.74) is 1.40. The molecule has 3 aromatic carbocycles. The predicted molar refractivity (Wildman–Crippen MR) is 118 cm³/mol. The zero-order chi connectivity index (χ0) is 21.8. The molecule has 3 aromatic rings. The maximum atomic E-state index is 13.2. The van der Waals surface area contributed by atoms with Gasteiger partial charge >= 0.3 is 0 Å². The Bertz CT molecular complexity index is 1090. The van der Waals surface area contributed by atoms with E-state index in [1.807, 2.05) is 12.1 Å². The Kier molecular flexibility index (Phi) is 6.27. The van der Waals surface area contributed by atoms with Crippen molar-refractivity contribution in [3.63, 3.8) is 0 Å². The maximum Gasteiger partial charge on any atom is 0.278 e. The number of anilines is 1. The second-order valence-corrected chi connectivity index (χ2v) is 9.66. The monoisotopic (exact) mass is 423 g/mol. The Balaban J connectivity index is 1.85. The summed E-state index contributed by atoms with van der Waals surface area (Å²) in [5.74, 6) is -0.175. The molecule has 0 aliphatic carbocycles. The fraction of sp³-hybridized carbons (Fsp3) is 0.208. The van der Waals surface area contributed by atoms with E-state index in [4.69, 9.17) is 4.74 Å². The minimum absolute atomic E-state index is 0.00220. The van der Waals surface area contributed by atoms with Crippen molar-refractivity contribution in [1.29, 1.82) is 0 Å². The van der Waals surface area contributed by atoms with E-state index < -0.39 is 22.5 Å². The van der Waals surface area contributed by atoms with E-state index >= 15 is 0 Å². The zero-order valence-corrected chi connectivity index (χ0v) is 18.1. The first-order valence-corrected chi connectivity index (χ1v) is 11.1. The first-order valence-electron chi connectivity index (χ1n) is 9.61. The molecule has 0 saturated carbocycles. The highest BCUT2D eigenvalue weighted by atomic mass is 32.2. The summed E-state index contributed by atoms with van der Waals surface area (Å²) < 4.78 is 32.8. The minimum Gasteiger partial charge on any atom is -0.484 e. The summed E-state index contributed by atoms with van der Waals surface area (Å²) in [4.78, 5) is 13.0. The van der Waals surface area contributed by atoms with E-state index in [9.17, 15) is 13.2 Å². The molecule has 30 heavy (non-hydrogen) atoms. The summed E-state index contributed by atoms with van der Waals surface area (Å²) in [7, 11) is -4.08. The van der Waals surface area contributed by atoms with Gasteiger partial charge in [0.15, 0.2) is 6.61 Å². The summed E-state index contributed by atoms with van der Waals surface area (Å²) in [5, 5.41) is 0. The summed E-state index contributed by atoms with van der Waals surface area (Å²) in [6, 6.07) is 23.6.